The summed E-state index contributed by atoms with van der Waals surface area (Å²) in [5.41, 5.74) is 0.675. The van der Waals surface area contributed by atoms with Crippen molar-refractivity contribution in [1.82, 2.24) is 15.1 Å². The summed E-state index contributed by atoms with van der Waals surface area (Å²) in [6, 6.07) is 6.58. The van der Waals surface area contributed by atoms with Crippen LogP contribution in [0, 0.1) is 5.92 Å². The van der Waals surface area contributed by atoms with Gasteiger partial charge in [0, 0.05) is 31.2 Å². The van der Waals surface area contributed by atoms with Gasteiger partial charge in [0.05, 0.1) is 25.5 Å². The standard InChI is InChI=1S/C21H28ClN3O4/c1-29-19(26)13-18(16-8-2-3-9-17(16)22)23-20(27)15-7-6-12-25(14-15)21(28)24-10-4-5-11-24/h2-3,8-9,15,18H,4-7,10-14H2,1H3,(H,23,27)/t15-,18+/m1/s1. The molecule has 1 N–H and O–H groups in total. The number of hydrogen-bond donors (Lipinski definition) is 1. The van der Waals surface area contributed by atoms with Crippen LogP contribution in [0.4, 0.5) is 4.79 Å². The van der Waals surface area contributed by atoms with E-state index in [0.29, 0.717) is 30.1 Å². The predicted octanol–water partition coefficient (Wildman–Crippen LogP) is 2.99. The van der Waals surface area contributed by atoms with Crippen molar-refractivity contribution in [3.8, 4) is 0 Å². The first kappa shape index (κ1) is 21.4. The molecule has 8 heteroatoms. The van der Waals surface area contributed by atoms with Crippen molar-refractivity contribution in [2.75, 3.05) is 33.3 Å². The Morgan fingerprint density at radius 1 is 1.14 bits per heavy atom. The third-order valence-corrected chi connectivity index (χ3v) is 5.98. The van der Waals surface area contributed by atoms with E-state index in [-0.39, 0.29) is 24.3 Å². The molecule has 7 nitrogen and oxygen atoms in total. The Hall–Kier alpha value is -2.28. The average molecular weight is 422 g/mol. The quantitative estimate of drug-likeness (QED) is 0.741. The molecular weight excluding hydrogens is 394 g/mol. The fourth-order valence-corrected chi connectivity index (χ4v) is 4.28. The van der Waals surface area contributed by atoms with E-state index in [9.17, 15) is 14.4 Å². The van der Waals surface area contributed by atoms with Crippen molar-refractivity contribution in [2.24, 2.45) is 5.92 Å². The van der Waals surface area contributed by atoms with Crippen molar-refractivity contribution >= 4 is 29.5 Å². The number of carbonyl (C=O) groups excluding carboxylic acids is 3. The number of benzene rings is 1. The summed E-state index contributed by atoms with van der Waals surface area (Å²) in [6.45, 7) is 2.66. The summed E-state index contributed by atoms with van der Waals surface area (Å²) in [5, 5.41) is 3.44. The highest BCUT2D eigenvalue weighted by Crippen LogP contribution is 2.27. The van der Waals surface area contributed by atoms with Gasteiger partial charge in [0.2, 0.25) is 5.91 Å². The van der Waals surface area contributed by atoms with Gasteiger partial charge >= 0.3 is 12.0 Å². The summed E-state index contributed by atoms with van der Waals surface area (Å²) in [5.74, 6) is -0.902. The first-order valence-electron chi connectivity index (χ1n) is 10.1. The zero-order chi connectivity index (χ0) is 20.8. The highest BCUT2D eigenvalue weighted by Gasteiger charge is 2.33. The number of ether oxygens (including phenoxy) is 1. The van der Waals surface area contributed by atoms with Gasteiger partial charge in [0.1, 0.15) is 0 Å². The molecule has 29 heavy (non-hydrogen) atoms. The lowest BCUT2D eigenvalue weighted by Gasteiger charge is -2.35. The third-order valence-electron chi connectivity index (χ3n) is 5.63. The lowest BCUT2D eigenvalue weighted by atomic mass is 9.95. The summed E-state index contributed by atoms with van der Waals surface area (Å²) in [4.78, 5) is 41.2. The fraction of sp³-hybridized carbons (Fsp3) is 0.571. The Kier molecular flexibility index (Phi) is 7.36. The maximum Gasteiger partial charge on any atom is 0.320 e. The van der Waals surface area contributed by atoms with E-state index in [0.717, 1.165) is 32.4 Å². The molecule has 0 aliphatic carbocycles. The second kappa shape index (κ2) is 9.96. The number of nitrogens with zero attached hydrogens (tertiary/aromatic N) is 2. The van der Waals surface area contributed by atoms with Gasteiger partial charge in [-0.05, 0) is 37.3 Å². The molecule has 2 aliphatic rings. The van der Waals surface area contributed by atoms with Crippen LogP contribution in [0.3, 0.4) is 0 Å². The number of methoxy groups -OCH3 is 1. The summed E-state index contributed by atoms with van der Waals surface area (Å²) in [6.07, 6.45) is 3.57. The van der Waals surface area contributed by atoms with E-state index in [4.69, 9.17) is 16.3 Å². The number of likely N-dealkylation sites (tertiary alicyclic amines) is 2. The van der Waals surface area contributed by atoms with E-state index in [1.54, 1.807) is 23.1 Å². The van der Waals surface area contributed by atoms with Crippen LogP contribution in [-0.4, -0.2) is 61.0 Å². The average Bonchev–Trinajstić information content (AvgIpc) is 3.28. The maximum atomic E-state index is 13.0. The predicted molar refractivity (Wildman–Crippen MR) is 109 cm³/mol. The lowest BCUT2D eigenvalue weighted by molar-refractivity contribution is -0.141. The van der Waals surface area contributed by atoms with Crippen LogP contribution in [0.2, 0.25) is 5.02 Å². The molecule has 2 fully saturated rings. The molecule has 2 heterocycles. The number of esters is 1. The molecule has 1 aromatic carbocycles. The Morgan fingerprint density at radius 2 is 1.83 bits per heavy atom. The van der Waals surface area contributed by atoms with Gasteiger partial charge in [0.25, 0.3) is 0 Å². The van der Waals surface area contributed by atoms with Crippen molar-refractivity contribution in [3.05, 3.63) is 34.9 Å². The molecule has 0 radical (unpaired) electrons. The molecule has 3 rings (SSSR count). The van der Waals surface area contributed by atoms with Crippen LogP contribution in [0.25, 0.3) is 0 Å². The number of nitrogens with one attached hydrogen (secondary N) is 1. The third kappa shape index (κ3) is 5.41. The van der Waals surface area contributed by atoms with E-state index in [2.05, 4.69) is 5.32 Å². The fourth-order valence-electron chi connectivity index (χ4n) is 4.01. The Morgan fingerprint density at radius 3 is 2.52 bits per heavy atom. The largest absolute Gasteiger partial charge is 0.469 e. The molecule has 0 spiro atoms. The Labute approximate surface area is 176 Å². The van der Waals surface area contributed by atoms with Crippen LogP contribution < -0.4 is 5.32 Å². The molecular formula is C21H28ClN3O4. The molecule has 2 saturated heterocycles. The van der Waals surface area contributed by atoms with Gasteiger partial charge < -0.3 is 19.9 Å². The van der Waals surface area contributed by atoms with Gasteiger partial charge in [-0.2, -0.15) is 0 Å². The van der Waals surface area contributed by atoms with Crippen LogP contribution in [-0.2, 0) is 14.3 Å². The number of piperidine rings is 1. The minimum atomic E-state index is -0.576. The van der Waals surface area contributed by atoms with Crippen LogP contribution >= 0.6 is 11.6 Å². The first-order chi connectivity index (χ1) is 14.0. The van der Waals surface area contributed by atoms with Crippen LogP contribution in [0.15, 0.2) is 24.3 Å². The molecule has 158 valence electrons. The molecule has 2 atom stereocenters. The lowest BCUT2D eigenvalue weighted by Crippen LogP contribution is -2.50. The van der Waals surface area contributed by atoms with E-state index in [1.165, 1.54) is 7.11 Å². The smallest absolute Gasteiger partial charge is 0.320 e. The van der Waals surface area contributed by atoms with E-state index >= 15 is 0 Å². The zero-order valence-corrected chi connectivity index (χ0v) is 17.5. The summed E-state index contributed by atoms with van der Waals surface area (Å²) < 4.78 is 4.78. The number of hydrogen-bond acceptors (Lipinski definition) is 4. The van der Waals surface area contributed by atoms with Gasteiger partial charge in [-0.1, -0.05) is 29.8 Å². The van der Waals surface area contributed by atoms with Crippen molar-refractivity contribution < 1.29 is 19.1 Å². The molecule has 2 aliphatic heterocycles. The number of urea groups is 1. The second-order valence-corrected chi connectivity index (χ2v) is 8.03. The molecule has 0 unspecified atom stereocenters. The highest BCUT2D eigenvalue weighted by molar-refractivity contribution is 6.31. The topological polar surface area (TPSA) is 79.0 Å². The first-order valence-corrected chi connectivity index (χ1v) is 10.5. The van der Waals surface area contributed by atoms with Crippen molar-refractivity contribution in [1.29, 1.82) is 0 Å². The number of carbonyl (C=O) groups is 3. The molecule has 0 saturated carbocycles. The van der Waals surface area contributed by atoms with E-state index < -0.39 is 12.0 Å². The summed E-state index contributed by atoms with van der Waals surface area (Å²) in [7, 11) is 1.32. The molecule has 3 amide bonds. The van der Waals surface area contributed by atoms with Crippen LogP contribution in [0.1, 0.15) is 43.7 Å². The van der Waals surface area contributed by atoms with Gasteiger partial charge in [0.15, 0.2) is 0 Å². The minimum Gasteiger partial charge on any atom is -0.469 e. The molecule has 0 aromatic heterocycles. The normalized spacial score (nSPS) is 20.3. The number of halogens is 1. The van der Waals surface area contributed by atoms with Gasteiger partial charge in [-0.3, -0.25) is 9.59 Å². The summed E-state index contributed by atoms with van der Waals surface area (Å²) >= 11 is 6.29. The van der Waals surface area contributed by atoms with Crippen LogP contribution in [0.5, 0.6) is 0 Å². The van der Waals surface area contributed by atoms with Gasteiger partial charge in [-0.25, -0.2) is 4.79 Å². The Bertz CT molecular complexity index is 751. The minimum absolute atomic E-state index is 0.00485. The van der Waals surface area contributed by atoms with Gasteiger partial charge in [-0.15, -0.1) is 0 Å². The monoisotopic (exact) mass is 421 g/mol. The molecule has 1 aromatic rings. The zero-order valence-electron chi connectivity index (χ0n) is 16.7. The van der Waals surface area contributed by atoms with Crippen molar-refractivity contribution in [3.63, 3.8) is 0 Å². The number of amides is 3. The molecule has 0 bridgehead atoms. The highest BCUT2D eigenvalue weighted by atomic mass is 35.5. The Balaban J connectivity index is 1.67. The maximum absolute atomic E-state index is 13.0. The van der Waals surface area contributed by atoms with Crippen molar-refractivity contribution in [2.45, 2.75) is 38.1 Å². The van der Waals surface area contributed by atoms with E-state index in [1.807, 2.05) is 11.0 Å². The number of rotatable bonds is 5. The second-order valence-electron chi connectivity index (χ2n) is 7.62. The SMILES string of the molecule is COC(=O)C[C@H](NC(=O)[C@@H]1CCCN(C(=O)N2CCCC2)C1)c1ccccc1Cl.